The summed E-state index contributed by atoms with van der Waals surface area (Å²) in [6, 6.07) is 7.89. The number of fused-ring (bicyclic) bond motifs is 5. The van der Waals surface area contributed by atoms with E-state index >= 15 is 0 Å². The number of amides is 1. The molecule has 1 aromatic heterocycles. The molecule has 33 heavy (non-hydrogen) atoms. The van der Waals surface area contributed by atoms with Crippen molar-refractivity contribution in [2.45, 2.75) is 51.9 Å². The summed E-state index contributed by atoms with van der Waals surface area (Å²) in [6.45, 7) is 5.26. The molecule has 1 N–H and O–H groups in total. The van der Waals surface area contributed by atoms with Gasteiger partial charge < -0.3 is 10.0 Å². The van der Waals surface area contributed by atoms with Crippen molar-refractivity contribution in [1.29, 1.82) is 0 Å². The zero-order valence-corrected chi connectivity index (χ0v) is 19.6. The predicted octanol–water partition coefficient (Wildman–Crippen LogP) is 5.22. The Morgan fingerprint density at radius 2 is 2.12 bits per heavy atom. The maximum absolute atomic E-state index is 13.9. The van der Waals surface area contributed by atoms with E-state index in [4.69, 9.17) is 0 Å². The second-order valence-corrected chi connectivity index (χ2v) is 10.1. The quantitative estimate of drug-likeness (QED) is 0.682. The average Bonchev–Trinajstić information content (AvgIpc) is 3.18. The fourth-order valence-corrected chi connectivity index (χ4v) is 7.00. The van der Waals surface area contributed by atoms with Gasteiger partial charge in [0.05, 0.1) is 12.8 Å². The highest BCUT2D eigenvalue weighted by Crippen LogP contribution is 2.63. The number of rotatable bonds is 5. The molecule has 174 valence electrons. The number of carbonyl (C=O) groups excluding carboxylic acids is 1. The number of benzene rings is 1. The second-order valence-electron chi connectivity index (χ2n) is 10.1. The maximum atomic E-state index is 13.9. The van der Waals surface area contributed by atoms with Crippen LogP contribution in [0.15, 0.2) is 42.7 Å². The molecule has 1 amide bonds. The molecule has 1 aromatic carbocycles. The molecule has 2 aromatic rings. The number of pyridine rings is 1. The molecule has 5 rings (SSSR count). The van der Waals surface area contributed by atoms with E-state index in [-0.39, 0.29) is 23.7 Å². The SMILES string of the molecule is CCN(CCO)C(=O)c1ccc2c(c1)CC[C@@H]1[C@@H]2CC[C@]2(C)C(c3cncc(F)c3)=CC[C@@H]12. The molecule has 0 spiro atoms. The van der Waals surface area contributed by atoms with Crippen LogP contribution in [0, 0.1) is 23.1 Å². The lowest BCUT2D eigenvalue weighted by molar-refractivity contribution is 0.0731. The standard InChI is InChI=1S/C28H33FN2O2/c1-3-31(12-13-32)27(33)19-5-6-22-18(14-19)4-7-24-23(22)10-11-28(2)25(8-9-26(24)28)20-15-21(29)17-30-16-20/h5-6,8,14-17,23-24,26,32H,3-4,7,9-13H2,1-2H3/t23-,24-,26+,28-/m1/s1. The average molecular weight is 449 g/mol. The first kappa shape index (κ1) is 22.3. The number of aromatic nitrogens is 1. The van der Waals surface area contributed by atoms with Crippen molar-refractivity contribution >= 4 is 11.5 Å². The van der Waals surface area contributed by atoms with Gasteiger partial charge in [-0.05, 0) is 103 Å². The third-order valence-corrected chi connectivity index (χ3v) is 8.61. The van der Waals surface area contributed by atoms with Crippen molar-refractivity contribution in [2.24, 2.45) is 17.3 Å². The van der Waals surface area contributed by atoms with Gasteiger partial charge in [0.1, 0.15) is 5.82 Å². The molecule has 0 saturated heterocycles. The van der Waals surface area contributed by atoms with Crippen molar-refractivity contribution in [3.8, 4) is 0 Å². The Morgan fingerprint density at radius 1 is 1.27 bits per heavy atom. The van der Waals surface area contributed by atoms with Crippen molar-refractivity contribution in [2.75, 3.05) is 19.7 Å². The Hall–Kier alpha value is -2.53. The van der Waals surface area contributed by atoms with E-state index in [1.54, 1.807) is 17.2 Å². The molecule has 1 fully saturated rings. The lowest BCUT2D eigenvalue weighted by Crippen LogP contribution is -2.41. The van der Waals surface area contributed by atoms with Crippen LogP contribution >= 0.6 is 0 Å². The molecule has 1 heterocycles. The van der Waals surface area contributed by atoms with Crippen LogP contribution < -0.4 is 0 Å². The fraction of sp³-hybridized carbons (Fsp3) is 0.500. The minimum Gasteiger partial charge on any atom is -0.395 e. The molecule has 0 unspecified atom stereocenters. The van der Waals surface area contributed by atoms with Crippen molar-refractivity contribution in [3.63, 3.8) is 0 Å². The Balaban J connectivity index is 1.39. The van der Waals surface area contributed by atoms with E-state index in [9.17, 15) is 14.3 Å². The molecule has 0 radical (unpaired) electrons. The van der Waals surface area contributed by atoms with Crippen LogP contribution in [0.3, 0.4) is 0 Å². The first-order valence-electron chi connectivity index (χ1n) is 12.3. The van der Waals surface area contributed by atoms with Crippen molar-refractivity contribution in [1.82, 2.24) is 9.88 Å². The third-order valence-electron chi connectivity index (χ3n) is 8.61. The fourth-order valence-electron chi connectivity index (χ4n) is 7.00. The zero-order valence-electron chi connectivity index (χ0n) is 19.6. The van der Waals surface area contributed by atoms with Gasteiger partial charge in [0.15, 0.2) is 0 Å². The van der Waals surface area contributed by atoms with E-state index in [1.807, 2.05) is 13.0 Å². The van der Waals surface area contributed by atoms with E-state index in [1.165, 1.54) is 22.9 Å². The number of aliphatic hydroxyl groups excluding tert-OH is 1. The summed E-state index contributed by atoms with van der Waals surface area (Å²) >= 11 is 0. The van der Waals surface area contributed by atoms with Gasteiger partial charge in [-0.15, -0.1) is 0 Å². The van der Waals surface area contributed by atoms with E-state index < -0.39 is 0 Å². The van der Waals surface area contributed by atoms with Crippen molar-refractivity contribution in [3.05, 3.63) is 70.8 Å². The largest absolute Gasteiger partial charge is 0.395 e. The molecule has 4 atom stereocenters. The smallest absolute Gasteiger partial charge is 0.253 e. The number of aryl methyl sites for hydroxylation is 1. The molecule has 0 bridgehead atoms. The van der Waals surface area contributed by atoms with Gasteiger partial charge in [0.25, 0.3) is 5.91 Å². The Morgan fingerprint density at radius 3 is 2.88 bits per heavy atom. The highest BCUT2D eigenvalue weighted by molar-refractivity contribution is 5.94. The number of carbonyl (C=O) groups is 1. The number of halogens is 1. The number of hydrogen-bond donors (Lipinski definition) is 1. The minimum absolute atomic E-state index is 0.000954. The lowest BCUT2D eigenvalue weighted by Gasteiger charge is -2.50. The van der Waals surface area contributed by atoms with E-state index in [0.717, 1.165) is 43.2 Å². The first-order valence-corrected chi connectivity index (χ1v) is 12.3. The summed E-state index contributed by atoms with van der Waals surface area (Å²) in [5, 5.41) is 9.27. The molecular weight excluding hydrogens is 415 g/mol. The normalized spacial score (nSPS) is 27.9. The number of allylic oxidation sites excluding steroid dienone is 2. The molecule has 3 aliphatic carbocycles. The van der Waals surface area contributed by atoms with Crippen LogP contribution in [-0.2, 0) is 6.42 Å². The van der Waals surface area contributed by atoms with Crippen molar-refractivity contribution < 1.29 is 14.3 Å². The highest BCUT2D eigenvalue weighted by Gasteiger charge is 2.52. The summed E-state index contributed by atoms with van der Waals surface area (Å²) in [4.78, 5) is 18.7. The van der Waals surface area contributed by atoms with Gasteiger partial charge in [0.2, 0.25) is 0 Å². The van der Waals surface area contributed by atoms with Crippen LogP contribution in [0.25, 0.3) is 5.57 Å². The summed E-state index contributed by atoms with van der Waals surface area (Å²) in [5.74, 6) is 1.42. The highest BCUT2D eigenvalue weighted by atomic mass is 19.1. The topological polar surface area (TPSA) is 53.4 Å². The second kappa shape index (κ2) is 8.68. The molecule has 0 aliphatic heterocycles. The van der Waals surface area contributed by atoms with Crippen LogP contribution in [-0.4, -0.2) is 40.6 Å². The summed E-state index contributed by atoms with van der Waals surface area (Å²) in [6.07, 6.45) is 10.8. The molecule has 1 saturated carbocycles. The number of likely N-dealkylation sites (N-methyl/N-ethyl adjacent to an activating group) is 1. The number of aliphatic hydroxyl groups is 1. The van der Waals surface area contributed by atoms with Crippen LogP contribution in [0.2, 0.25) is 0 Å². The van der Waals surface area contributed by atoms with Crippen LogP contribution in [0.5, 0.6) is 0 Å². The van der Waals surface area contributed by atoms with Crippen LogP contribution in [0.4, 0.5) is 4.39 Å². The Bertz CT molecular complexity index is 1100. The zero-order chi connectivity index (χ0) is 23.2. The molecule has 3 aliphatic rings. The Labute approximate surface area is 195 Å². The van der Waals surface area contributed by atoms with Gasteiger partial charge in [-0.1, -0.05) is 19.1 Å². The molecule has 5 heteroatoms. The minimum atomic E-state index is -0.272. The summed E-state index contributed by atoms with van der Waals surface area (Å²) in [7, 11) is 0. The monoisotopic (exact) mass is 448 g/mol. The first-order chi connectivity index (χ1) is 16.0. The van der Waals surface area contributed by atoms with Gasteiger partial charge in [-0.2, -0.15) is 0 Å². The molecular formula is C28H33FN2O2. The molecule has 4 nitrogen and oxygen atoms in total. The van der Waals surface area contributed by atoms with Gasteiger partial charge >= 0.3 is 0 Å². The van der Waals surface area contributed by atoms with E-state index in [0.29, 0.717) is 30.8 Å². The Kier molecular flexibility index (Phi) is 5.86. The van der Waals surface area contributed by atoms with E-state index in [2.05, 4.69) is 30.1 Å². The third kappa shape index (κ3) is 3.71. The summed E-state index contributed by atoms with van der Waals surface area (Å²) < 4.78 is 13.9. The van der Waals surface area contributed by atoms with Gasteiger partial charge in [-0.25, -0.2) is 4.39 Å². The lowest BCUT2D eigenvalue weighted by atomic mass is 9.54. The number of hydrogen-bond acceptors (Lipinski definition) is 3. The summed E-state index contributed by atoms with van der Waals surface area (Å²) in [5.41, 5.74) is 5.72. The maximum Gasteiger partial charge on any atom is 0.253 e. The van der Waals surface area contributed by atoms with Gasteiger partial charge in [-0.3, -0.25) is 9.78 Å². The number of nitrogens with zero attached hydrogens (tertiary/aromatic N) is 2. The van der Waals surface area contributed by atoms with Gasteiger partial charge in [0, 0.05) is 24.8 Å². The van der Waals surface area contributed by atoms with Crippen LogP contribution in [0.1, 0.15) is 72.5 Å². The predicted molar refractivity (Wildman–Crippen MR) is 127 cm³/mol.